The van der Waals surface area contributed by atoms with Crippen LogP contribution in [0.4, 0.5) is 0 Å². The van der Waals surface area contributed by atoms with E-state index in [0.29, 0.717) is 0 Å². The van der Waals surface area contributed by atoms with Crippen LogP contribution >= 0.6 is 11.8 Å². The lowest BCUT2D eigenvalue weighted by Gasteiger charge is -2.16. The van der Waals surface area contributed by atoms with Gasteiger partial charge in [0.15, 0.2) is 0 Å². The highest BCUT2D eigenvalue weighted by molar-refractivity contribution is 7.99. The number of aliphatic hydroxyl groups is 1. The van der Waals surface area contributed by atoms with Crippen molar-refractivity contribution in [1.82, 2.24) is 10.6 Å². The first-order chi connectivity index (χ1) is 6.27. The average molecular weight is 204 g/mol. The predicted molar refractivity (Wildman–Crippen MR) is 53.6 cm³/mol. The number of thioether (sulfide) groups is 1. The first-order valence-corrected chi connectivity index (χ1v) is 5.65. The minimum atomic E-state index is -0.0973. The Morgan fingerprint density at radius 3 is 3.08 bits per heavy atom. The van der Waals surface area contributed by atoms with Crippen LogP contribution in [0.15, 0.2) is 0 Å². The molecule has 1 heterocycles. The molecule has 0 aromatic heterocycles. The molecule has 13 heavy (non-hydrogen) atoms. The molecule has 0 aromatic carbocycles. The molecule has 4 nitrogen and oxygen atoms in total. The second-order valence-electron chi connectivity index (χ2n) is 3.07. The topological polar surface area (TPSA) is 61.4 Å². The van der Waals surface area contributed by atoms with Crippen molar-refractivity contribution in [3.05, 3.63) is 0 Å². The Morgan fingerprint density at radius 1 is 1.85 bits per heavy atom. The number of carbonyl (C=O) groups is 1. The summed E-state index contributed by atoms with van der Waals surface area (Å²) in [6.07, 6.45) is 0.766. The van der Waals surface area contributed by atoms with Gasteiger partial charge in [0.25, 0.3) is 0 Å². The minimum Gasteiger partial charge on any atom is -0.394 e. The van der Waals surface area contributed by atoms with E-state index in [4.69, 9.17) is 5.11 Å². The third-order valence-corrected chi connectivity index (χ3v) is 3.03. The van der Waals surface area contributed by atoms with Gasteiger partial charge in [0.1, 0.15) is 0 Å². The molecule has 1 rings (SSSR count). The van der Waals surface area contributed by atoms with Gasteiger partial charge in [-0.3, -0.25) is 10.1 Å². The first-order valence-electron chi connectivity index (χ1n) is 4.50. The summed E-state index contributed by atoms with van der Waals surface area (Å²) in [4.78, 5) is 11.5. The number of amides is 1. The first kappa shape index (κ1) is 10.8. The van der Waals surface area contributed by atoms with Gasteiger partial charge < -0.3 is 10.4 Å². The zero-order chi connectivity index (χ0) is 9.68. The maximum Gasteiger partial charge on any atom is 0.238 e. The van der Waals surface area contributed by atoms with Gasteiger partial charge in [-0.25, -0.2) is 0 Å². The van der Waals surface area contributed by atoms with Crippen molar-refractivity contribution in [3.8, 4) is 0 Å². The number of aliphatic hydroxyl groups excluding tert-OH is 1. The Hall–Kier alpha value is -0.260. The number of rotatable bonds is 4. The summed E-state index contributed by atoms with van der Waals surface area (Å²) in [7, 11) is 0. The molecule has 0 bridgehead atoms. The van der Waals surface area contributed by atoms with Crippen molar-refractivity contribution < 1.29 is 9.90 Å². The normalized spacial score (nSPS) is 24.3. The lowest BCUT2D eigenvalue weighted by Crippen LogP contribution is -2.47. The molecule has 1 aliphatic heterocycles. The fourth-order valence-corrected chi connectivity index (χ4v) is 2.08. The molecular weight excluding hydrogens is 188 g/mol. The van der Waals surface area contributed by atoms with Gasteiger partial charge in [-0.15, -0.1) is 11.8 Å². The zero-order valence-corrected chi connectivity index (χ0v) is 8.56. The fourth-order valence-electron chi connectivity index (χ4n) is 1.14. The Labute approximate surface area is 82.5 Å². The predicted octanol–water partition coefficient (Wildman–Crippen LogP) is -0.464. The summed E-state index contributed by atoms with van der Waals surface area (Å²) in [5.74, 6) is 1.67. The van der Waals surface area contributed by atoms with Gasteiger partial charge in [-0.05, 0) is 6.42 Å². The summed E-state index contributed by atoms with van der Waals surface area (Å²) >= 11 is 1.72. The van der Waals surface area contributed by atoms with Gasteiger partial charge in [0, 0.05) is 11.6 Å². The number of hydrogen-bond donors (Lipinski definition) is 3. The van der Waals surface area contributed by atoms with E-state index in [1.165, 1.54) is 0 Å². The smallest absolute Gasteiger partial charge is 0.238 e. The van der Waals surface area contributed by atoms with E-state index >= 15 is 0 Å². The van der Waals surface area contributed by atoms with Crippen LogP contribution in [0.2, 0.25) is 0 Å². The summed E-state index contributed by atoms with van der Waals surface area (Å²) in [6.45, 7) is 1.96. The van der Waals surface area contributed by atoms with Crippen molar-refractivity contribution >= 4 is 17.7 Å². The van der Waals surface area contributed by atoms with Crippen molar-refractivity contribution in [2.45, 2.75) is 25.4 Å². The lowest BCUT2D eigenvalue weighted by molar-refractivity contribution is -0.123. The van der Waals surface area contributed by atoms with E-state index in [1.54, 1.807) is 11.8 Å². The molecule has 1 amide bonds. The molecule has 5 heteroatoms. The molecular formula is C8H16N2O2S. The highest BCUT2D eigenvalue weighted by atomic mass is 32.2. The molecule has 0 saturated carbocycles. The average Bonchev–Trinajstić information content (AvgIpc) is 2.66. The summed E-state index contributed by atoms with van der Waals surface area (Å²) in [6, 6.07) is -0.175. The zero-order valence-electron chi connectivity index (χ0n) is 7.75. The van der Waals surface area contributed by atoms with Gasteiger partial charge in [-0.2, -0.15) is 0 Å². The second-order valence-corrected chi connectivity index (χ2v) is 4.10. The molecule has 1 fully saturated rings. The third-order valence-electron chi connectivity index (χ3n) is 2.09. The maximum absolute atomic E-state index is 11.5. The molecule has 0 spiro atoms. The second kappa shape index (κ2) is 5.47. The van der Waals surface area contributed by atoms with E-state index in [9.17, 15) is 4.79 Å². The van der Waals surface area contributed by atoms with Crippen molar-refractivity contribution in [1.29, 1.82) is 0 Å². The Kier molecular flexibility index (Phi) is 4.55. The molecule has 3 N–H and O–H groups in total. The molecule has 1 saturated heterocycles. The Bertz CT molecular complexity index is 168. The van der Waals surface area contributed by atoms with Crippen LogP contribution in [0.5, 0.6) is 0 Å². The third kappa shape index (κ3) is 3.17. The molecule has 0 aromatic rings. The molecule has 2 atom stereocenters. The van der Waals surface area contributed by atoms with Crippen molar-refractivity contribution in [2.24, 2.45) is 0 Å². The summed E-state index contributed by atoms with van der Waals surface area (Å²) in [5, 5.41) is 14.8. The quantitative estimate of drug-likeness (QED) is 0.580. The largest absolute Gasteiger partial charge is 0.394 e. The van der Waals surface area contributed by atoms with Gasteiger partial charge >= 0.3 is 0 Å². The van der Waals surface area contributed by atoms with Gasteiger partial charge in [0.2, 0.25) is 5.91 Å². The monoisotopic (exact) mass is 204 g/mol. The van der Waals surface area contributed by atoms with E-state index in [-0.39, 0.29) is 24.6 Å². The molecule has 1 unspecified atom stereocenters. The van der Waals surface area contributed by atoms with Crippen LogP contribution in [0, 0.1) is 0 Å². The molecule has 0 radical (unpaired) electrons. The highest BCUT2D eigenvalue weighted by Crippen LogP contribution is 2.09. The SMILES string of the molecule is CC[C@@H](CO)NC(=O)C1CSCN1. The van der Waals surface area contributed by atoms with Crippen LogP contribution in [0.3, 0.4) is 0 Å². The fraction of sp³-hybridized carbons (Fsp3) is 0.875. The van der Waals surface area contributed by atoms with Crippen LogP contribution in [0.1, 0.15) is 13.3 Å². The Morgan fingerprint density at radius 2 is 2.62 bits per heavy atom. The maximum atomic E-state index is 11.5. The standard InChI is InChI=1S/C8H16N2O2S/c1-2-6(3-11)10-8(12)7-4-13-5-9-7/h6-7,9,11H,2-5H2,1H3,(H,10,12)/t6-,7?/m0/s1. The van der Waals surface area contributed by atoms with E-state index in [2.05, 4.69) is 10.6 Å². The number of carbonyl (C=O) groups excluding carboxylic acids is 1. The molecule has 0 aliphatic carbocycles. The van der Waals surface area contributed by atoms with Crippen molar-refractivity contribution in [3.63, 3.8) is 0 Å². The van der Waals surface area contributed by atoms with E-state index in [1.807, 2.05) is 6.92 Å². The minimum absolute atomic E-state index is 0.00546. The van der Waals surface area contributed by atoms with Crippen LogP contribution in [-0.2, 0) is 4.79 Å². The molecule has 76 valence electrons. The highest BCUT2D eigenvalue weighted by Gasteiger charge is 2.23. The molecule has 1 aliphatic rings. The van der Waals surface area contributed by atoms with Crippen LogP contribution in [0.25, 0.3) is 0 Å². The summed E-state index contributed by atoms with van der Waals surface area (Å²) < 4.78 is 0. The van der Waals surface area contributed by atoms with Crippen LogP contribution < -0.4 is 10.6 Å². The Balaban J connectivity index is 2.30. The number of hydrogen-bond acceptors (Lipinski definition) is 4. The van der Waals surface area contributed by atoms with E-state index in [0.717, 1.165) is 18.1 Å². The number of nitrogens with one attached hydrogen (secondary N) is 2. The van der Waals surface area contributed by atoms with Crippen LogP contribution in [-0.4, -0.2) is 41.3 Å². The van der Waals surface area contributed by atoms with Gasteiger partial charge in [0.05, 0.1) is 18.7 Å². The van der Waals surface area contributed by atoms with Gasteiger partial charge in [-0.1, -0.05) is 6.92 Å². The summed E-state index contributed by atoms with van der Waals surface area (Å²) in [5.41, 5.74) is 0. The van der Waals surface area contributed by atoms with Crippen molar-refractivity contribution in [2.75, 3.05) is 18.2 Å². The lowest BCUT2D eigenvalue weighted by atomic mass is 10.2. The van der Waals surface area contributed by atoms with E-state index < -0.39 is 0 Å².